The zero-order valence-electron chi connectivity index (χ0n) is 29.5. The van der Waals surface area contributed by atoms with Crippen molar-refractivity contribution in [2.45, 2.75) is 55.9 Å². The lowest BCUT2D eigenvalue weighted by Gasteiger charge is -2.26. The molecule has 0 saturated heterocycles. The maximum atomic E-state index is 13.8. The maximum Gasteiger partial charge on any atom is 0.326 e. The lowest BCUT2D eigenvalue weighted by molar-refractivity contribution is -0.142. The molecular weight excluding hydrogens is 731 g/mol. The minimum absolute atomic E-state index is 0.0163. The number of amides is 4. The highest BCUT2D eigenvalue weighted by molar-refractivity contribution is 7.80. The number of carbonyl (C=O) groups is 5. The Morgan fingerprint density at radius 2 is 0.727 bits per heavy atom. The molecule has 11 N–H and O–H groups in total. The van der Waals surface area contributed by atoms with Gasteiger partial charge in [0.05, 0.1) is 6.04 Å². The minimum atomic E-state index is -1.42. The molecule has 4 aromatic rings. The van der Waals surface area contributed by atoms with Gasteiger partial charge in [0.1, 0.15) is 47.2 Å². The smallest absolute Gasteiger partial charge is 0.326 e. The summed E-state index contributed by atoms with van der Waals surface area (Å²) >= 11 is 4.25. The van der Waals surface area contributed by atoms with Gasteiger partial charge in [0, 0.05) is 25.0 Å². The normalized spacial score (nSPS) is 13.6. The summed E-state index contributed by atoms with van der Waals surface area (Å²) in [5, 5.41) is 58.8. The van der Waals surface area contributed by atoms with Gasteiger partial charge < -0.3 is 52.5 Å². The predicted molar refractivity (Wildman–Crippen MR) is 204 cm³/mol. The topological polar surface area (TPSA) is 261 Å². The van der Waals surface area contributed by atoms with Crippen molar-refractivity contribution < 1.29 is 49.5 Å². The summed E-state index contributed by atoms with van der Waals surface area (Å²) in [6.07, 6.45) is -0.240. The van der Waals surface area contributed by atoms with E-state index in [1.54, 1.807) is 24.3 Å². The Labute approximate surface area is 322 Å². The molecule has 4 rings (SSSR count). The largest absolute Gasteiger partial charge is 0.508 e. The first-order valence-electron chi connectivity index (χ1n) is 17.1. The van der Waals surface area contributed by atoms with Gasteiger partial charge in [-0.05, 0) is 77.2 Å². The zero-order valence-corrected chi connectivity index (χ0v) is 30.4. The van der Waals surface area contributed by atoms with Gasteiger partial charge in [-0.15, -0.1) is 0 Å². The second kappa shape index (κ2) is 19.7. The molecule has 0 radical (unpaired) electrons. The van der Waals surface area contributed by atoms with Crippen LogP contribution in [0.4, 0.5) is 0 Å². The number of aromatic hydroxyl groups is 4. The fourth-order valence-electron chi connectivity index (χ4n) is 5.49. The van der Waals surface area contributed by atoms with Gasteiger partial charge in [0.15, 0.2) is 0 Å². The summed E-state index contributed by atoms with van der Waals surface area (Å²) < 4.78 is 0. The molecule has 0 unspecified atom stereocenters. The van der Waals surface area contributed by atoms with Crippen molar-refractivity contribution in [3.63, 3.8) is 0 Å². The Morgan fingerprint density at radius 3 is 1.07 bits per heavy atom. The van der Waals surface area contributed by atoms with Crippen LogP contribution in [0.15, 0.2) is 97.1 Å². The second-order valence-electron chi connectivity index (χ2n) is 12.9. The van der Waals surface area contributed by atoms with E-state index in [0.717, 1.165) is 0 Å². The lowest BCUT2D eigenvalue weighted by atomic mass is 10.0. The van der Waals surface area contributed by atoms with E-state index < -0.39 is 59.8 Å². The van der Waals surface area contributed by atoms with Crippen molar-refractivity contribution in [2.24, 2.45) is 5.73 Å². The molecule has 0 aromatic heterocycles. The van der Waals surface area contributed by atoms with Crippen LogP contribution >= 0.6 is 12.6 Å². The predicted octanol–water partition coefficient (Wildman–Crippen LogP) is 1.06. The van der Waals surface area contributed by atoms with Crippen molar-refractivity contribution in [1.82, 2.24) is 21.3 Å². The number of hydrogen-bond acceptors (Lipinski definition) is 11. The van der Waals surface area contributed by atoms with E-state index in [1.165, 1.54) is 72.8 Å². The molecule has 0 aliphatic rings. The quantitative estimate of drug-likeness (QED) is 0.0637. The number of phenols is 4. The number of nitrogens with two attached hydrogens (primary N) is 1. The number of carbonyl (C=O) groups excluding carboxylic acids is 4. The van der Waals surface area contributed by atoms with Crippen molar-refractivity contribution >= 4 is 42.2 Å². The van der Waals surface area contributed by atoms with Crippen LogP contribution in [0.3, 0.4) is 0 Å². The Bertz CT molecular complexity index is 1930. The standard InChI is InChI=1S/C39H43N5O10S/c40-30(17-22-1-9-26(45)10-2-22)35(49)41-31(18-23-3-11-27(46)12-4-23)37(51)44-34(21-55)38(52)42-32(19-24-5-13-28(47)14-6-24)36(50)43-33(39(53)54)20-25-7-15-29(48)16-8-25/h1-16,30-34,45-48,55H,17-21,40H2,(H,41,49)(H,42,52)(H,43,50)(H,44,51)(H,53,54)/t30-,31-,32-,33-,34-/m0/s1. The van der Waals surface area contributed by atoms with Crippen LogP contribution in [0.5, 0.6) is 23.0 Å². The average Bonchev–Trinajstić information content (AvgIpc) is 3.16. The van der Waals surface area contributed by atoms with E-state index >= 15 is 0 Å². The number of thiol groups is 1. The Kier molecular flexibility index (Phi) is 14.9. The van der Waals surface area contributed by atoms with Crippen LogP contribution in [0.2, 0.25) is 0 Å². The second-order valence-corrected chi connectivity index (χ2v) is 13.2. The first-order chi connectivity index (χ1) is 26.2. The molecule has 290 valence electrons. The van der Waals surface area contributed by atoms with Crippen molar-refractivity contribution in [1.29, 1.82) is 0 Å². The Balaban J connectivity index is 1.51. The van der Waals surface area contributed by atoms with Crippen LogP contribution in [-0.2, 0) is 49.7 Å². The van der Waals surface area contributed by atoms with Crippen LogP contribution in [0.1, 0.15) is 22.3 Å². The third-order valence-electron chi connectivity index (χ3n) is 8.55. The summed E-state index contributed by atoms with van der Waals surface area (Å²) in [6.45, 7) is 0. The fraction of sp³-hybridized carbons (Fsp3) is 0.256. The maximum absolute atomic E-state index is 13.8. The zero-order chi connectivity index (χ0) is 40.1. The number of nitrogens with one attached hydrogen (secondary N) is 4. The van der Waals surface area contributed by atoms with E-state index in [9.17, 15) is 49.5 Å². The highest BCUT2D eigenvalue weighted by Crippen LogP contribution is 2.16. The van der Waals surface area contributed by atoms with Gasteiger partial charge in [-0.1, -0.05) is 48.5 Å². The Morgan fingerprint density at radius 1 is 0.455 bits per heavy atom. The number of hydrogen-bond donors (Lipinski definition) is 11. The van der Waals surface area contributed by atoms with Crippen LogP contribution < -0.4 is 27.0 Å². The number of aliphatic carboxylic acids is 1. The van der Waals surface area contributed by atoms with Gasteiger partial charge in [-0.25, -0.2) is 4.79 Å². The summed E-state index contributed by atoms with van der Waals surface area (Å²) in [5.74, 6) is -4.78. The van der Waals surface area contributed by atoms with Gasteiger partial charge in [0.2, 0.25) is 23.6 Å². The molecule has 0 fully saturated rings. The molecule has 4 aromatic carbocycles. The van der Waals surface area contributed by atoms with Crippen molar-refractivity contribution in [3.05, 3.63) is 119 Å². The highest BCUT2D eigenvalue weighted by Gasteiger charge is 2.32. The monoisotopic (exact) mass is 773 g/mol. The first kappa shape index (κ1) is 41.5. The SMILES string of the molecule is N[C@@H](Cc1ccc(O)cc1)C(=O)N[C@@H](Cc1ccc(O)cc1)C(=O)N[C@@H](CS)C(=O)N[C@@H](Cc1ccc(O)cc1)C(=O)N[C@@H](Cc1ccc(O)cc1)C(=O)O. The van der Waals surface area contributed by atoms with Gasteiger partial charge >= 0.3 is 5.97 Å². The molecule has 0 aliphatic heterocycles. The number of rotatable bonds is 18. The van der Waals surface area contributed by atoms with E-state index in [4.69, 9.17) is 5.73 Å². The van der Waals surface area contributed by atoms with E-state index in [-0.39, 0.29) is 54.4 Å². The van der Waals surface area contributed by atoms with E-state index in [0.29, 0.717) is 22.3 Å². The third-order valence-corrected chi connectivity index (χ3v) is 8.92. The fourth-order valence-corrected chi connectivity index (χ4v) is 5.75. The van der Waals surface area contributed by atoms with Crippen molar-refractivity contribution in [3.8, 4) is 23.0 Å². The van der Waals surface area contributed by atoms with Crippen LogP contribution in [0.25, 0.3) is 0 Å². The molecule has 55 heavy (non-hydrogen) atoms. The number of carboxylic acid groups (broad SMARTS) is 1. The Hall–Kier alpha value is -6.26. The molecular formula is C39H43N5O10S. The molecule has 15 nitrogen and oxygen atoms in total. The molecule has 0 heterocycles. The van der Waals surface area contributed by atoms with Gasteiger partial charge in [-0.2, -0.15) is 12.6 Å². The van der Waals surface area contributed by atoms with Crippen LogP contribution in [0, 0.1) is 0 Å². The molecule has 5 atom stereocenters. The van der Waals surface area contributed by atoms with E-state index in [1.807, 2.05) is 0 Å². The summed E-state index contributed by atoms with van der Waals surface area (Å²) in [5.41, 5.74) is 8.41. The number of carboxylic acids is 1. The highest BCUT2D eigenvalue weighted by atomic mass is 32.1. The van der Waals surface area contributed by atoms with Gasteiger partial charge in [0.25, 0.3) is 0 Å². The molecule has 16 heteroatoms. The van der Waals surface area contributed by atoms with Crippen molar-refractivity contribution in [2.75, 3.05) is 5.75 Å². The number of benzene rings is 4. The summed E-state index contributed by atoms with van der Waals surface area (Å²) in [6, 6.07) is 17.1. The average molecular weight is 774 g/mol. The number of phenolic OH excluding ortho intramolecular Hbond substituents is 4. The molecule has 0 saturated carbocycles. The molecule has 0 bridgehead atoms. The van der Waals surface area contributed by atoms with E-state index in [2.05, 4.69) is 33.9 Å². The van der Waals surface area contributed by atoms with Gasteiger partial charge in [-0.3, -0.25) is 19.2 Å². The summed E-state index contributed by atoms with van der Waals surface area (Å²) in [7, 11) is 0. The molecule has 4 amide bonds. The summed E-state index contributed by atoms with van der Waals surface area (Å²) in [4.78, 5) is 66.5. The van der Waals surface area contributed by atoms with Crippen LogP contribution in [-0.4, -0.2) is 91.1 Å². The lowest BCUT2D eigenvalue weighted by Crippen LogP contribution is -2.59. The molecule has 0 aliphatic carbocycles. The third kappa shape index (κ3) is 13.0. The molecule has 0 spiro atoms. The first-order valence-corrected chi connectivity index (χ1v) is 17.8. The minimum Gasteiger partial charge on any atom is -0.508 e.